The Kier molecular flexibility index (Phi) is 4.77. The topological polar surface area (TPSA) is 84.1 Å². The minimum Gasteiger partial charge on any atom is -0.335 e. The van der Waals surface area contributed by atoms with Crippen LogP contribution in [0.25, 0.3) is 0 Å². The first-order chi connectivity index (χ1) is 9.93. The summed E-state index contributed by atoms with van der Waals surface area (Å²) in [4.78, 5) is 23.4. The van der Waals surface area contributed by atoms with E-state index >= 15 is 0 Å². The van der Waals surface area contributed by atoms with Crippen LogP contribution in [-0.2, 0) is 0 Å². The molecule has 2 unspecified atom stereocenters. The van der Waals surface area contributed by atoms with Gasteiger partial charge in [-0.3, -0.25) is 10.6 Å². The summed E-state index contributed by atoms with van der Waals surface area (Å²) in [6, 6.07) is 0.226. The molecule has 0 radical (unpaired) electrons. The highest BCUT2D eigenvalue weighted by atomic mass is 16.2. The van der Waals surface area contributed by atoms with Gasteiger partial charge in [0.1, 0.15) is 5.82 Å². The van der Waals surface area contributed by atoms with E-state index in [1.807, 2.05) is 18.7 Å². The number of carbonyl (C=O) groups excluding carboxylic acids is 1. The maximum atomic E-state index is 12.8. The second-order valence-electron chi connectivity index (χ2n) is 6.27. The highest BCUT2D eigenvalue weighted by Crippen LogP contribution is 2.25. The molecule has 0 spiro atoms. The van der Waals surface area contributed by atoms with E-state index in [0.29, 0.717) is 23.1 Å². The lowest BCUT2D eigenvalue weighted by Crippen LogP contribution is -2.44. The van der Waals surface area contributed by atoms with Crippen LogP contribution in [0.5, 0.6) is 0 Å². The van der Waals surface area contributed by atoms with Gasteiger partial charge >= 0.3 is 0 Å². The molecule has 2 rings (SSSR count). The van der Waals surface area contributed by atoms with Gasteiger partial charge in [0.25, 0.3) is 5.91 Å². The van der Waals surface area contributed by atoms with Gasteiger partial charge in [0, 0.05) is 18.5 Å². The molecule has 1 aliphatic heterocycles. The number of anilines is 1. The zero-order chi connectivity index (χ0) is 15.6. The molecule has 2 atom stereocenters. The van der Waals surface area contributed by atoms with E-state index in [-0.39, 0.29) is 17.9 Å². The molecule has 21 heavy (non-hydrogen) atoms. The van der Waals surface area contributed by atoms with Crippen LogP contribution in [0.1, 0.15) is 62.8 Å². The number of hydrogen-bond donors (Lipinski definition) is 2. The lowest BCUT2D eigenvalue weighted by atomic mass is 9.93. The first kappa shape index (κ1) is 15.7. The van der Waals surface area contributed by atoms with Crippen LogP contribution < -0.4 is 11.3 Å². The van der Waals surface area contributed by atoms with Gasteiger partial charge in [-0.1, -0.05) is 20.8 Å². The minimum absolute atomic E-state index is 0.0633. The van der Waals surface area contributed by atoms with Crippen molar-refractivity contribution < 1.29 is 4.79 Å². The van der Waals surface area contributed by atoms with Crippen molar-refractivity contribution in [1.29, 1.82) is 0 Å². The third kappa shape index (κ3) is 3.32. The maximum absolute atomic E-state index is 12.8. The molecule has 0 bridgehead atoms. The Balaban J connectivity index is 2.31. The van der Waals surface area contributed by atoms with Crippen LogP contribution in [-0.4, -0.2) is 33.4 Å². The Morgan fingerprint density at radius 2 is 2.19 bits per heavy atom. The van der Waals surface area contributed by atoms with E-state index < -0.39 is 0 Å². The molecular formula is C15H25N5O. The van der Waals surface area contributed by atoms with E-state index in [0.717, 1.165) is 19.4 Å². The maximum Gasteiger partial charge on any atom is 0.275 e. The number of hydrogen-bond acceptors (Lipinski definition) is 5. The van der Waals surface area contributed by atoms with Crippen LogP contribution in [0, 0.1) is 5.92 Å². The molecule has 2 heterocycles. The molecule has 1 fully saturated rings. The fourth-order valence-corrected chi connectivity index (χ4v) is 2.79. The molecule has 0 aromatic carbocycles. The summed E-state index contributed by atoms with van der Waals surface area (Å²) in [5, 5.41) is 0. The average Bonchev–Trinajstić information content (AvgIpc) is 2.45. The molecule has 0 saturated carbocycles. The zero-order valence-electron chi connectivity index (χ0n) is 13.3. The number of hydrazine groups is 1. The predicted molar refractivity (Wildman–Crippen MR) is 82.8 cm³/mol. The van der Waals surface area contributed by atoms with Crippen molar-refractivity contribution in [2.24, 2.45) is 11.8 Å². The number of piperidine rings is 1. The number of nitrogens with two attached hydrogens (primary N) is 1. The molecule has 1 aliphatic rings. The van der Waals surface area contributed by atoms with Crippen molar-refractivity contribution in [2.75, 3.05) is 12.0 Å². The number of rotatable bonds is 3. The SMILES string of the molecule is CC1CCN(C(=O)c2nc(C(C)C)ncc2NN)C(C)C1. The summed E-state index contributed by atoms with van der Waals surface area (Å²) in [6.45, 7) is 9.10. The second-order valence-corrected chi connectivity index (χ2v) is 6.27. The van der Waals surface area contributed by atoms with E-state index in [9.17, 15) is 4.79 Å². The van der Waals surface area contributed by atoms with Gasteiger partial charge in [0.15, 0.2) is 5.69 Å². The number of nitrogens with zero attached hydrogens (tertiary/aromatic N) is 3. The summed E-state index contributed by atoms with van der Waals surface area (Å²) < 4.78 is 0. The van der Waals surface area contributed by atoms with E-state index in [2.05, 4.69) is 29.2 Å². The number of aromatic nitrogens is 2. The summed E-state index contributed by atoms with van der Waals surface area (Å²) in [6.07, 6.45) is 3.65. The summed E-state index contributed by atoms with van der Waals surface area (Å²) in [5.41, 5.74) is 3.39. The summed E-state index contributed by atoms with van der Waals surface area (Å²) >= 11 is 0. The zero-order valence-corrected chi connectivity index (χ0v) is 13.3. The van der Waals surface area contributed by atoms with E-state index in [1.54, 1.807) is 6.20 Å². The Bertz CT molecular complexity index is 517. The van der Waals surface area contributed by atoms with Gasteiger partial charge in [-0.2, -0.15) is 0 Å². The smallest absolute Gasteiger partial charge is 0.275 e. The Labute approximate surface area is 126 Å². The van der Waals surface area contributed by atoms with E-state index in [1.165, 1.54) is 0 Å². The van der Waals surface area contributed by atoms with E-state index in [4.69, 9.17) is 5.84 Å². The molecule has 0 aliphatic carbocycles. The molecular weight excluding hydrogens is 266 g/mol. The molecule has 6 heteroatoms. The molecule has 1 aromatic heterocycles. The molecule has 1 amide bonds. The van der Waals surface area contributed by atoms with Crippen LogP contribution in [0.3, 0.4) is 0 Å². The van der Waals surface area contributed by atoms with Gasteiger partial charge in [-0.15, -0.1) is 0 Å². The monoisotopic (exact) mass is 291 g/mol. The first-order valence-electron chi connectivity index (χ1n) is 7.58. The van der Waals surface area contributed by atoms with Gasteiger partial charge in [0.05, 0.1) is 11.9 Å². The highest BCUT2D eigenvalue weighted by Gasteiger charge is 2.30. The van der Waals surface area contributed by atoms with Gasteiger partial charge < -0.3 is 10.3 Å². The molecule has 1 aromatic rings. The average molecular weight is 291 g/mol. The van der Waals surface area contributed by atoms with Gasteiger partial charge in [0.2, 0.25) is 0 Å². The number of likely N-dealkylation sites (tertiary alicyclic amines) is 1. The molecule has 1 saturated heterocycles. The molecule has 116 valence electrons. The number of amides is 1. The molecule has 6 nitrogen and oxygen atoms in total. The third-order valence-corrected chi connectivity index (χ3v) is 4.08. The van der Waals surface area contributed by atoms with Gasteiger partial charge in [-0.25, -0.2) is 9.97 Å². The van der Waals surface area contributed by atoms with Crippen molar-refractivity contribution in [3.63, 3.8) is 0 Å². The second kappa shape index (κ2) is 6.39. The van der Waals surface area contributed by atoms with Crippen LogP contribution in [0.4, 0.5) is 5.69 Å². The fraction of sp³-hybridized carbons (Fsp3) is 0.667. The van der Waals surface area contributed by atoms with Crippen molar-refractivity contribution in [1.82, 2.24) is 14.9 Å². The van der Waals surface area contributed by atoms with Crippen molar-refractivity contribution in [2.45, 2.75) is 52.5 Å². The van der Waals surface area contributed by atoms with Crippen LogP contribution in [0.2, 0.25) is 0 Å². The van der Waals surface area contributed by atoms with Crippen LogP contribution >= 0.6 is 0 Å². The summed E-state index contributed by atoms with van der Waals surface area (Å²) in [5.74, 6) is 6.93. The normalized spacial score (nSPS) is 22.5. The standard InChI is InChI=1S/C15H25N5O/c1-9(2)14-17-8-12(19-16)13(18-14)15(21)20-6-5-10(3)7-11(20)4/h8-11,19H,5-7,16H2,1-4H3. The summed E-state index contributed by atoms with van der Waals surface area (Å²) in [7, 11) is 0. The number of nitrogen functional groups attached to an aromatic ring is 1. The van der Waals surface area contributed by atoms with Gasteiger partial charge in [-0.05, 0) is 25.7 Å². The van der Waals surface area contributed by atoms with Crippen molar-refractivity contribution in [3.8, 4) is 0 Å². The third-order valence-electron chi connectivity index (χ3n) is 4.08. The lowest BCUT2D eigenvalue weighted by molar-refractivity contribution is 0.0583. The lowest BCUT2D eigenvalue weighted by Gasteiger charge is -2.36. The number of carbonyl (C=O) groups is 1. The minimum atomic E-state index is -0.0633. The Morgan fingerprint density at radius 1 is 1.48 bits per heavy atom. The van der Waals surface area contributed by atoms with Crippen molar-refractivity contribution >= 4 is 11.6 Å². The number of nitrogens with one attached hydrogen (secondary N) is 1. The Morgan fingerprint density at radius 3 is 2.76 bits per heavy atom. The van der Waals surface area contributed by atoms with Crippen LogP contribution in [0.15, 0.2) is 6.20 Å². The first-order valence-corrected chi connectivity index (χ1v) is 7.58. The quantitative estimate of drug-likeness (QED) is 0.658. The predicted octanol–water partition coefficient (Wildman–Crippen LogP) is 2.15. The Hall–Kier alpha value is -1.69. The van der Waals surface area contributed by atoms with Crippen molar-refractivity contribution in [3.05, 3.63) is 17.7 Å². The largest absolute Gasteiger partial charge is 0.335 e. The molecule has 3 N–H and O–H groups in total. The highest BCUT2D eigenvalue weighted by molar-refractivity contribution is 5.97. The fourth-order valence-electron chi connectivity index (χ4n) is 2.79.